The quantitative estimate of drug-likeness (QED) is 0.791. The second-order valence-corrected chi connectivity index (χ2v) is 5.61. The van der Waals surface area contributed by atoms with E-state index in [1.807, 2.05) is 0 Å². The number of carbonyl (C=O) groups is 2. The van der Waals surface area contributed by atoms with E-state index in [4.69, 9.17) is 9.47 Å². The van der Waals surface area contributed by atoms with Crippen LogP contribution in [0.1, 0.15) is 13.3 Å². The zero-order valence-corrected chi connectivity index (χ0v) is 14.5. The summed E-state index contributed by atoms with van der Waals surface area (Å²) in [5, 5.41) is 2.73. The molecular formula is C17H25N3O4. The predicted octanol–water partition coefficient (Wildman–Crippen LogP) is 1.20. The van der Waals surface area contributed by atoms with Crippen LogP contribution in [0.25, 0.3) is 0 Å². The summed E-state index contributed by atoms with van der Waals surface area (Å²) >= 11 is 0. The molecule has 2 amide bonds. The van der Waals surface area contributed by atoms with Gasteiger partial charge in [0, 0.05) is 37.9 Å². The maximum Gasteiger partial charge on any atom is 0.233 e. The number of rotatable bonds is 6. The van der Waals surface area contributed by atoms with Gasteiger partial charge < -0.3 is 24.6 Å². The number of nitrogens with zero attached hydrogens (tertiary/aromatic N) is 2. The van der Waals surface area contributed by atoms with Crippen molar-refractivity contribution in [2.24, 2.45) is 0 Å². The number of anilines is 1. The van der Waals surface area contributed by atoms with E-state index in [0.29, 0.717) is 30.3 Å². The Hall–Kier alpha value is -2.28. The molecule has 0 bridgehead atoms. The lowest BCUT2D eigenvalue weighted by molar-refractivity contribution is -0.136. The van der Waals surface area contributed by atoms with E-state index in [-0.39, 0.29) is 18.2 Å². The molecule has 1 aromatic rings. The summed E-state index contributed by atoms with van der Waals surface area (Å²) in [5.74, 6) is 0.645. The largest absolute Gasteiger partial charge is 0.493 e. The van der Waals surface area contributed by atoms with Gasteiger partial charge in [0.15, 0.2) is 11.5 Å². The van der Waals surface area contributed by atoms with Crippen LogP contribution in [-0.2, 0) is 9.59 Å². The number of amides is 2. The highest BCUT2D eigenvalue weighted by atomic mass is 16.5. The van der Waals surface area contributed by atoms with E-state index >= 15 is 0 Å². The standard InChI is InChI=1S/C17H25N3O4/c1-4-19-7-9-20(10-8-19)17(22)12-16(21)18-13-5-6-14(23-2)15(11-13)24-3/h5-6,11H,4,7-10,12H2,1-3H3,(H,18,21). The topological polar surface area (TPSA) is 71.1 Å². The number of methoxy groups -OCH3 is 2. The maximum absolute atomic E-state index is 12.2. The molecule has 2 rings (SSSR count). The monoisotopic (exact) mass is 335 g/mol. The molecule has 0 aromatic heterocycles. The number of ether oxygens (including phenoxy) is 2. The van der Waals surface area contributed by atoms with Gasteiger partial charge in [-0.3, -0.25) is 9.59 Å². The Morgan fingerprint density at radius 1 is 1.08 bits per heavy atom. The fraction of sp³-hybridized carbons (Fsp3) is 0.529. The molecule has 1 saturated heterocycles. The summed E-state index contributed by atoms with van der Waals surface area (Å²) in [6.45, 7) is 6.17. The zero-order chi connectivity index (χ0) is 17.5. The predicted molar refractivity (Wildman–Crippen MR) is 91.5 cm³/mol. The molecule has 1 N–H and O–H groups in total. The van der Waals surface area contributed by atoms with Crippen molar-refractivity contribution >= 4 is 17.5 Å². The van der Waals surface area contributed by atoms with Crippen molar-refractivity contribution in [3.05, 3.63) is 18.2 Å². The number of benzene rings is 1. The molecule has 24 heavy (non-hydrogen) atoms. The smallest absolute Gasteiger partial charge is 0.233 e. The van der Waals surface area contributed by atoms with Crippen molar-refractivity contribution in [3.63, 3.8) is 0 Å². The fourth-order valence-corrected chi connectivity index (χ4v) is 2.68. The Bertz CT molecular complexity index is 583. The van der Waals surface area contributed by atoms with Gasteiger partial charge in [0.2, 0.25) is 11.8 Å². The van der Waals surface area contributed by atoms with Gasteiger partial charge in [-0.25, -0.2) is 0 Å². The van der Waals surface area contributed by atoms with Crippen LogP contribution in [0.3, 0.4) is 0 Å². The highest BCUT2D eigenvalue weighted by molar-refractivity contribution is 6.03. The highest BCUT2D eigenvalue weighted by Crippen LogP contribution is 2.29. The molecule has 0 radical (unpaired) electrons. The van der Waals surface area contributed by atoms with Gasteiger partial charge in [0.25, 0.3) is 0 Å². The third-order valence-electron chi connectivity index (χ3n) is 4.15. The molecule has 7 nitrogen and oxygen atoms in total. The molecule has 1 aliphatic rings. The SMILES string of the molecule is CCN1CCN(C(=O)CC(=O)Nc2ccc(OC)c(OC)c2)CC1. The fourth-order valence-electron chi connectivity index (χ4n) is 2.68. The number of carbonyl (C=O) groups excluding carboxylic acids is 2. The second-order valence-electron chi connectivity index (χ2n) is 5.61. The lowest BCUT2D eigenvalue weighted by atomic mass is 10.2. The van der Waals surface area contributed by atoms with Gasteiger partial charge in [0.05, 0.1) is 14.2 Å². The summed E-state index contributed by atoms with van der Waals surface area (Å²) in [7, 11) is 3.08. The molecule has 1 fully saturated rings. The first-order chi connectivity index (χ1) is 11.6. The highest BCUT2D eigenvalue weighted by Gasteiger charge is 2.22. The van der Waals surface area contributed by atoms with Crippen molar-refractivity contribution in [2.75, 3.05) is 52.3 Å². The maximum atomic E-state index is 12.2. The van der Waals surface area contributed by atoms with Crippen LogP contribution in [0.15, 0.2) is 18.2 Å². The number of likely N-dealkylation sites (N-methyl/N-ethyl adjacent to an activating group) is 1. The third kappa shape index (κ3) is 4.61. The van der Waals surface area contributed by atoms with E-state index in [9.17, 15) is 9.59 Å². The van der Waals surface area contributed by atoms with Crippen molar-refractivity contribution in [1.82, 2.24) is 9.80 Å². The van der Waals surface area contributed by atoms with Gasteiger partial charge in [0.1, 0.15) is 6.42 Å². The normalized spacial score (nSPS) is 15.0. The van der Waals surface area contributed by atoms with Crippen molar-refractivity contribution < 1.29 is 19.1 Å². The third-order valence-corrected chi connectivity index (χ3v) is 4.15. The minimum atomic E-state index is -0.329. The van der Waals surface area contributed by atoms with Gasteiger partial charge in [-0.1, -0.05) is 6.92 Å². The Morgan fingerprint density at radius 2 is 1.75 bits per heavy atom. The number of nitrogens with one attached hydrogen (secondary N) is 1. The lowest BCUT2D eigenvalue weighted by Gasteiger charge is -2.33. The molecule has 0 atom stereocenters. The number of hydrogen-bond acceptors (Lipinski definition) is 5. The molecule has 1 heterocycles. The minimum absolute atomic E-state index is 0.135. The van der Waals surface area contributed by atoms with Crippen molar-refractivity contribution in [1.29, 1.82) is 0 Å². The van der Waals surface area contributed by atoms with E-state index in [0.717, 1.165) is 19.6 Å². The molecule has 0 saturated carbocycles. The first-order valence-corrected chi connectivity index (χ1v) is 8.09. The summed E-state index contributed by atoms with van der Waals surface area (Å²) in [4.78, 5) is 28.4. The van der Waals surface area contributed by atoms with Gasteiger partial charge >= 0.3 is 0 Å². The van der Waals surface area contributed by atoms with Crippen molar-refractivity contribution in [3.8, 4) is 11.5 Å². The zero-order valence-electron chi connectivity index (χ0n) is 14.5. The summed E-state index contributed by atoms with van der Waals surface area (Å²) in [6, 6.07) is 5.09. The van der Waals surface area contributed by atoms with E-state index < -0.39 is 0 Å². The Labute approximate surface area is 142 Å². The first-order valence-electron chi connectivity index (χ1n) is 8.09. The van der Waals surface area contributed by atoms with Gasteiger partial charge in [-0.2, -0.15) is 0 Å². The molecule has 1 aliphatic heterocycles. The summed E-state index contributed by atoms with van der Waals surface area (Å²) in [6.07, 6.45) is -0.152. The van der Waals surface area contributed by atoms with Crippen LogP contribution in [0.5, 0.6) is 11.5 Å². The molecule has 7 heteroatoms. The van der Waals surface area contributed by atoms with Crippen LogP contribution in [0, 0.1) is 0 Å². The van der Waals surface area contributed by atoms with E-state index in [2.05, 4.69) is 17.1 Å². The Kier molecular flexibility index (Phi) is 6.43. The average molecular weight is 335 g/mol. The summed E-state index contributed by atoms with van der Waals surface area (Å²) in [5.41, 5.74) is 0.571. The second kappa shape index (κ2) is 8.54. The molecular weight excluding hydrogens is 310 g/mol. The van der Waals surface area contributed by atoms with E-state index in [1.165, 1.54) is 7.11 Å². The summed E-state index contributed by atoms with van der Waals surface area (Å²) < 4.78 is 10.4. The number of hydrogen-bond donors (Lipinski definition) is 1. The van der Waals surface area contributed by atoms with Gasteiger partial charge in [-0.15, -0.1) is 0 Å². The van der Waals surface area contributed by atoms with Crippen LogP contribution in [0.2, 0.25) is 0 Å². The lowest BCUT2D eigenvalue weighted by Crippen LogP contribution is -2.49. The number of piperazine rings is 1. The molecule has 0 unspecified atom stereocenters. The minimum Gasteiger partial charge on any atom is -0.493 e. The average Bonchev–Trinajstić information content (AvgIpc) is 2.61. The molecule has 0 spiro atoms. The first kappa shape index (κ1) is 18.1. The van der Waals surface area contributed by atoms with Crippen LogP contribution < -0.4 is 14.8 Å². The van der Waals surface area contributed by atoms with Crippen LogP contribution >= 0.6 is 0 Å². The van der Waals surface area contributed by atoms with Crippen molar-refractivity contribution in [2.45, 2.75) is 13.3 Å². The van der Waals surface area contributed by atoms with Gasteiger partial charge in [-0.05, 0) is 18.7 Å². The molecule has 0 aliphatic carbocycles. The van der Waals surface area contributed by atoms with Crippen LogP contribution in [0.4, 0.5) is 5.69 Å². The Balaban J connectivity index is 1.88. The van der Waals surface area contributed by atoms with Crippen LogP contribution in [-0.4, -0.2) is 68.6 Å². The Morgan fingerprint density at radius 3 is 2.33 bits per heavy atom. The molecule has 1 aromatic carbocycles. The van der Waals surface area contributed by atoms with E-state index in [1.54, 1.807) is 30.2 Å². The molecule has 132 valence electrons.